The molecule has 1 heterocycles. The summed E-state index contributed by atoms with van der Waals surface area (Å²) >= 11 is 1.53. The Morgan fingerprint density at radius 2 is 2.05 bits per heavy atom. The van der Waals surface area contributed by atoms with Crippen LogP contribution in [0.3, 0.4) is 0 Å². The Morgan fingerprint density at radius 3 is 2.71 bits per heavy atom. The standard InChI is InChI=1S/C17H20N2OS/c1-12(2)20-15-6-4-5-14(9-15)13(3)19-11-17-8-7-16(10-18)21-17/h4-9,12-13,19H,11H2,1-3H3. The molecule has 1 aromatic heterocycles. The number of nitriles is 1. The van der Waals surface area contributed by atoms with E-state index < -0.39 is 0 Å². The van der Waals surface area contributed by atoms with Gasteiger partial charge < -0.3 is 10.1 Å². The second-order valence-electron chi connectivity index (χ2n) is 5.22. The predicted octanol–water partition coefficient (Wildman–Crippen LogP) is 4.26. The van der Waals surface area contributed by atoms with Crippen LogP contribution in [-0.2, 0) is 6.54 Å². The lowest BCUT2D eigenvalue weighted by Gasteiger charge is -2.16. The van der Waals surface area contributed by atoms with E-state index in [0.717, 1.165) is 17.2 Å². The van der Waals surface area contributed by atoms with Crippen molar-refractivity contribution in [3.63, 3.8) is 0 Å². The van der Waals surface area contributed by atoms with Crippen molar-refractivity contribution in [1.29, 1.82) is 5.26 Å². The van der Waals surface area contributed by atoms with Gasteiger partial charge in [-0.05, 0) is 50.6 Å². The zero-order valence-corrected chi connectivity index (χ0v) is 13.4. The van der Waals surface area contributed by atoms with Gasteiger partial charge in [-0.3, -0.25) is 0 Å². The molecule has 2 aromatic rings. The Balaban J connectivity index is 1.96. The normalized spacial score (nSPS) is 12.1. The van der Waals surface area contributed by atoms with Crippen LogP contribution in [0.5, 0.6) is 5.75 Å². The lowest BCUT2D eigenvalue weighted by molar-refractivity contribution is 0.242. The Kier molecular flexibility index (Phi) is 5.38. The van der Waals surface area contributed by atoms with Crippen molar-refractivity contribution in [2.24, 2.45) is 0 Å². The van der Waals surface area contributed by atoms with Crippen LogP contribution in [0.4, 0.5) is 0 Å². The van der Waals surface area contributed by atoms with Gasteiger partial charge in [0.2, 0.25) is 0 Å². The second kappa shape index (κ2) is 7.26. The van der Waals surface area contributed by atoms with Crippen molar-refractivity contribution in [3.05, 3.63) is 51.7 Å². The highest BCUT2D eigenvalue weighted by Crippen LogP contribution is 2.21. The molecular weight excluding hydrogens is 280 g/mol. The molecule has 0 fully saturated rings. The molecular formula is C17H20N2OS. The van der Waals surface area contributed by atoms with Gasteiger partial charge in [0.15, 0.2) is 0 Å². The zero-order valence-electron chi connectivity index (χ0n) is 12.6. The van der Waals surface area contributed by atoms with Crippen LogP contribution in [0.15, 0.2) is 36.4 Å². The lowest BCUT2D eigenvalue weighted by Crippen LogP contribution is -2.17. The fourth-order valence-corrected chi connectivity index (χ4v) is 2.79. The quantitative estimate of drug-likeness (QED) is 0.867. The summed E-state index contributed by atoms with van der Waals surface area (Å²) in [6.07, 6.45) is 0.180. The highest BCUT2D eigenvalue weighted by molar-refractivity contribution is 7.12. The van der Waals surface area contributed by atoms with Gasteiger partial charge >= 0.3 is 0 Å². The third-order valence-corrected chi connectivity index (χ3v) is 4.07. The minimum absolute atomic E-state index is 0.180. The molecule has 3 nitrogen and oxygen atoms in total. The van der Waals surface area contributed by atoms with Gasteiger partial charge in [0, 0.05) is 17.5 Å². The third-order valence-electron chi connectivity index (χ3n) is 3.08. The lowest BCUT2D eigenvalue weighted by atomic mass is 10.1. The molecule has 0 bridgehead atoms. The maximum absolute atomic E-state index is 8.83. The minimum Gasteiger partial charge on any atom is -0.491 e. The largest absolute Gasteiger partial charge is 0.491 e. The number of hydrogen-bond acceptors (Lipinski definition) is 4. The highest BCUT2D eigenvalue weighted by atomic mass is 32.1. The summed E-state index contributed by atoms with van der Waals surface area (Å²) in [7, 11) is 0. The van der Waals surface area contributed by atoms with Crippen molar-refractivity contribution in [1.82, 2.24) is 5.32 Å². The molecule has 0 radical (unpaired) electrons. The number of nitrogens with zero attached hydrogens (tertiary/aromatic N) is 1. The topological polar surface area (TPSA) is 45.0 Å². The van der Waals surface area contributed by atoms with E-state index in [0.29, 0.717) is 0 Å². The maximum atomic E-state index is 8.83. The smallest absolute Gasteiger partial charge is 0.120 e. The SMILES string of the molecule is CC(C)Oc1cccc(C(C)NCc2ccc(C#N)s2)c1. The van der Waals surface area contributed by atoms with Crippen molar-refractivity contribution in [2.75, 3.05) is 0 Å². The van der Waals surface area contributed by atoms with Crippen LogP contribution < -0.4 is 10.1 Å². The van der Waals surface area contributed by atoms with Gasteiger partial charge in [0.25, 0.3) is 0 Å². The first-order valence-corrected chi connectivity index (χ1v) is 7.89. The monoisotopic (exact) mass is 300 g/mol. The molecule has 0 aliphatic heterocycles. The van der Waals surface area contributed by atoms with Crippen molar-refractivity contribution in [3.8, 4) is 11.8 Å². The Labute approximate surface area is 130 Å². The van der Waals surface area contributed by atoms with Gasteiger partial charge in [-0.25, -0.2) is 0 Å². The average molecular weight is 300 g/mol. The first-order valence-electron chi connectivity index (χ1n) is 7.07. The van der Waals surface area contributed by atoms with Crippen LogP contribution in [-0.4, -0.2) is 6.10 Å². The van der Waals surface area contributed by atoms with Gasteiger partial charge in [-0.1, -0.05) is 12.1 Å². The molecule has 2 rings (SSSR count). The third kappa shape index (κ3) is 4.59. The molecule has 1 aromatic carbocycles. The van der Waals surface area contributed by atoms with Crippen LogP contribution >= 0.6 is 11.3 Å². The van der Waals surface area contributed by atoms with E-state index in [-0.39, 0.29) is 12.1 Å². The van der Waals surface area contributed by atoms with E-state index in [1.54, 1.807) is 0 Å². The van der Waals surface area contributed by atoms with Gasteiger partial charge in [0.05, 0.1) is 6.10 Å². The van der Waals surface area contributed by atoms with Gasteiger partial charge in [0.1, 0.15) is 16.7 Å². The van der Waals surface area contributed by atoms with Crippen LogP contribution in [0.1, 0.15) is 42.1 Å². The Bertz CT molecular complexity index is 628. The maximum Gasteiger partial charge on any atom is 0.120 e. The van der Waals surface area contributed by atoms with Gasteiger partial charge in [-0.15, -0.1) is 11.3 Å². The van der Waals surface area contributed by atoms with E-state index in [9.17, 15) is 0 Å². The molecule has 1 unspecified atom stereocenters. The Morgan fingerprint density at radius 1 is 1.24 bits per heavy atom. The predicted molar refractivity (Wildman–Crippen MR) is 86.5 cm³/mol. The van der Waals surface area contributed by atoms with E-state index in [1.165, 1.54) is 21.8 Å². The van der Waals surface area contributed by atoms with Crippen LogP contribution in [0.25, 0.3) is 0 Å². The number of hydrogen-bond donors (Lipinski definition) is 1. The number of benzene rings is 1. The fourth-order valence-electron chi connectivity index (χ4n) is 2.03. The summed E-state index contributed by atoms with van der Waals surface area (Å²) in [5, 5.41) is 12.3. The first kappa shape index (κ1) is 15.6. The summed E-state index contributed by atoms with van der Waals surface area (Å²) < 4.78 is 5.72. The Hall–Kier alpha value is -1.83. The van der Waals surface area contributed by atoms with E-state index >= 15 is 0 Å². The fraction of sp³-hybridized carbons (Fsp3) is 0.353. The average Bonchev–Trinajstić information content (AvgIpc) is 2.92. The summed E-state index contributed by atoms with van der Waals surface area (Å²) in [5.74, 6) is 0.902. The molecule has 110 valence electrons. The second-order valence-corrected chi connectivity index (χ2v) is 6.39. The summed E-state index contributed by atoms with van der Waals surface area (Å²) in [4.78, 5) is 1.93. The molecule has 4 heteroatoms. The van der Waals surface area contributed by atoms with Crippen molar-refractivity contribution in [2.45, 2.75) is 39.5 Å². The van der Waals surface area contributed by atoms with Crippen LogP contribution in [0, 0.1) is 11.3 Å². The van der Waals surface area contributed by atoms with Crippen LogP contribution in [0.2, 0.25) is 0 Å². The summed E-state index contributed by atoms with van der Waals surface area (Å²) in [5.41, 5.74) is 1.20. The molecule has 1 N–H and O–H groups in total. The molecule has 0 saturated heterocycles. The molecule has 0 spiro atoms. The molecule has 0 amide bonds. The van der Waals surface area contributed by atoms with E-state index in [4.69, 9.17) is 10.00 Å². The van der Waals surface area contributed by atoms with E-state index in [2.05, 4.69) is 30.4 Å². The van der Waals surface area contributed by atoms with Crippen molar-refractivity contribution < 1.29 is 4.74 Å². The first-order chi connectivity index (χ1) is 10.1. The summed E-state index contributed by atoms with van der Waals surface area (Å²) in [6.45, 7) is 6.95. The van der Waals surface area contributed by atoms with Crippen molar-refractivity contribution >= 4 is 11.3 Å². The number of ether oxygens (including phenoxy) is 1. The molecule has 1 atom stereocenters. The molecule has 21 heavy (non-hydrogen) atoms. The molecule has 0 saturated carbocycles. The summed E-state index contributed by atoms with van der Waals surface area (Å²) in [6, 6.07) is 14.4. The molecule has 0 aliphatic carbocycles. The highest BCUT2D eigenvalue weighted by Gasteiger charge is 2.08. The number of rotatable bonds is 6. The van der Waals surface area contributed by atoms with E-state index in [1.807, 2.05) is 38.1 Å². The number of thiophene rings is 1. The molecule has 0 aliphatic rings. The zero-order chi connectivity index (χ0) is 15.2. The minimum atomic E-state index is 0.180. The van der Waals surface area contributed by atoms with Gasteiger partial charge in [-0.2, -0.15) is 5.26 Å². The number of nitrogens with one attached hydrogen (secondary N) is 1.